The maximum Gasteiger partial charge on any atom is 0.146 e. The van der Waals surface area contributed by atoms with Crippen LogP contribution in [0.1, 0.15) is 31.4 Å². The monoisotopic (exact) mass is 252 g/mol. The highest BCUT2D eigenvalue weighted by Gasteiger charge is 2.32. The Morgan fingerprint density at radius 3 is 2.78 bits per heavy atom. The van der Waals surface area contributed by atoms with Gasteiger partial charge in [-0.05, 0) is 31.4 Å². The second kappa shape index (κ2) is 5.67. The predicted molar refractivity (Wildman–Crippen MR) is 71.2 cm³/mol. The Morgan fingerprint density at radius 2 is 2.22 bits per heavy atom. The summed E-state index contributed by atoms with van der Waals surface area (Å²) in [4.78, 5) is 2.11. The lowest BCUT2D eigenvalue weighted by atomic mass is 10.1. The van der Waals surface area contributed by atoms with E-state index >= 15 is 0 Å². The van der Waals surface area contributed by atoms with Crippen LogP contribution in [0.25, 0.3) is 0 Å². The molecule has 18 heavy (non-hydrogen) atoms. The van der Waals surface area contributed by atoms with Crippen molar-refractivity contribution in [3.63, 3.8) is 0 Å². The summed E-state index contributed by atoms with van der Waals surface area (Å²) in [6.07, 6.45) is 2.24. The molecule has 0 heterocycles. The maximum atomic E-state index is 14.1. The van der Waals surface area contributed by atoms with Gasteiger partial charge < -0.3 is 15.4 Å². The van der Waals surface area contributed by atoms with Crippen molar-refractivity contribution in [3.05, 3.63) is 29.6 Å². The number of hydrogen-bond donors (Lipinski definition) is 1. The minimum Gasteiger partial charge on any atom is -0.383 e. The zero-order chi connectivity index (χ0) is 13.1. The SMILES string of the molecule is COCCN(c1c(F)cccc1[C@@H](C)N)C1CC1. The quantitative estimate of drug-likeness (QED) is 0.845. The summed E-state index contributed by atoms with van der Waals surface area (Å²) in [5.41, 5.74) is 7.48. The van der Waals surface area contributed by atoms with Crippen LogP contribution >= 0.6 is 0 Å². The normalized spacial score (nSPS) is 16.7. The molecule has 1 saturated carbocycles. The number of nitrogens with two attached hydrogens (primary N) is 1. The molecule has 100 valence electrons. The molecule has 1 aromatic rings. The van der Waals surface area contributed by atoms with Gasteiger partial charge in [-0.2, -0.15) is 0 Å². The average molecular weight is 252 g/mol. The minimum atomic E-state index is -0.187. The third kappa shape index (κ3) is 2.82. The molecule has 0 amide bonds. The standard InChI is InChI=1S/C14H21FN2O/c1-10(16)12-4-3-5-13(15)14(12)17(8-9-18-2)11-6-7-11/h3-5,10-11H,6-9,16H2,1-2H3/t10-/m1/s1. The number of halogens is 1. The first-order valence-electron chi connectivity index (χ1n) is 6.44. The summed E-state index contributed by atoms with van der Waals surface area (Å²) in [5, 5.41) is 0. The third-order valence-corrected chi connectivity index (χ3v) is 3.32. The van der Waals surface area contributed by atoms with Gasteiger partial charge in [0.1, 0.15) is 5.82 Å². The van der Waals surface area contributed by atoms with Crippen molar-refractivity contribution in [2.45, 2.75) is 31.8 Å². The van der Waals surface area contributed by atoms with Gasteiger partial charge in [0.2, 0.25) is 0 Å². The number of benzene rings is 1. The van der Waals surface area contributed by atoms with E-state index in [0.717, 1.165) is 18.4 Å². The van der Waals surface area contributed by atoms with Gasteiger partial charge >= 0.3 is 0 Å². The predicted octanol–water partition coefficient (Wildman–Crippen LogP) is 2.46. The molecule has 1 atom stereocenters. The lowest BCUT2D eigenvalue weighted by Crippen LogP contribution is -2.32. The van der Waals surface area contributed by atoms with Crippen molar-refractivity contribution in [2.24, 2.45) is 5.73 Å². The molecule has 0 bridgehead atoms. The summed E-state index contributed by atoms with van der Waals surface area (Å²) in [5.74, 6) is -0.187. The Morgan fingerprint density at radius 1 is 1.50 bits per heavy atom. The molecular formula is C14H21FN2O. The average Bonchev–Trinajstić information content (AvgIpc) is 3.15. The molecule has 3 nitrogen and oxygen atoms in total. The van der Waals surface area contributed by atoms with Gasteiger partial charge in [-0.1, -0.05) is 12.1 Å². The fourth-order valence-electron chi connectivity index (χ4n) is 2.26. The topological polar surface area (TPSA) is 38.5 Å². The Bertz CT molecular complexity index is 405. The van der Waals surface area contributed by atoms with Gasteiger partial charge in [-0.25, -0.2) is 4.39 Å². The molecule has 2 rings (SSSR count). The largest absolute Gasteiger partial charge is 0.383 e. The summed E-state index contributed by atoms with van der Waals surface area (Å²) < 4.78 is 19.3. The first-order chi connectivity index (χ1) is 8.65. The van der Waals surface area contributed by atoms with E-state index in [1.54, 1.807) is 13.2 Å². The van der Waals surface area contributed by atoms with Gasteiger partial charge in [0.25, 0.3) is 0 Å². The van der Waals surface area contributed by atoms with E-state index in [2.05, 4.69) is 4.90 Å². The van der Waals surface area contributed by atoms with Crippen molar-refractivity contribution in [3.8, 4) is 0 Å². The Kier molecular flexibility index (Phi) is 4.19. The molecule has 1 aliphatic carbocycles. The molecule has 0 spiro atoms. The van der Waals surface area contributed by atoms with E-state index in [-0.39, 0.29) is 11.9 Å². The van der Waals surface area contributed by atoms with Crippen LogP contribution in [0.2, 0.25) is 0 Å². The van der Waals surface area contributed by atoms with Gasteiger partial charge in [0, 0.05) is 25.7 Å². The molecule has 4 heteroatoms. The van der Waals surface area contributed by atoms with Crippen molar-refractivity contribution >= 4 is 5.69 Å². The Hall–Kier alpha value is -1.13. The van der Waals surface area contributed by atoms with Gasteiger partial charge in [-0.3, -0.25) is 0 Å². The van der Waals surface area contributed by atoms with Crippen molar-refractivity contribution < 1.29 is 9.13 Å². The van der Waals surface area contributed by atoms with E-state index < -0.39 is 0 Å². The van der Waals surface area contributed by atoms with E-state index in [1.807, 2.05) is 13.0 Å². The number of anilines is 1. The molecule has 0 saturated heterocycles. The first-order valence-corrected chi connectivity index (χ1v) is 6.44. The van der Waals surface area contributed by atoms with Crippen LogP contribution in [-0.2, 0) is 4.74 Å². The van der Waals surface area contributed by atoms with Crippen LogP contribution in [0.5, 0.6) is 0 Å². The second-order valence-corrected chi connectivity index (χ2v) is 4.88. The van der Waals surface area contributed by atoms with Gasteiger partial charge in [0.05, 0.1) is 12.3 Å². The smallest absolute Gasteiger partial charge is 0.146 e. The molecule has 2 N–H and O–H groups in total. The van der Waals surface area contributed by atoms with Crippen LogP contribution in [0.15, 0.2) is 18.2 Å². The molecule has 1 aliphatic rings. The zero-order valence-corrected chi connectivity index (χ0v) is 11.0. The van der Waals surface area contributed by atoms with E-state index in [1.165, 1.54) is 6.07 Å². The molecule has 1 aromatic carbocycles. The number of para-hydroxylation sites is 1. The highest BCUT2D eigenvalue weighted by Crippen LogP contribution is 2.36. The lowest BCUT2D eigenvalue weighted by molar-refractivity contribution is 0.204. The zero-order valence-electron chi connectivity index (χ0n) is 11.0. The lowest BCUT2D eigenvalue weighted by Gasteiger charge is -2.28. The van der Waals surface area contributed by atoms with Gasteiger partial charge in [-0.15, -0.1) is 0 Å². The first kappa shape index (κ1) is 13.3. The van der Waals surface area contributed by atoms with Crippen molar-refractivity contribution in [1.82, 2.24) is 0 Å². The number of rotatable bonds is 6. The molecule has 0 aromatic heterocycles. The van der Waals surface area contributed by atoms with E-state index in [9.17, 15) is 4.39 Å². The highest BCUT2D eigenvalue weighted by atomic mass is 19.1. The van der Waals surface area contributed by atoms with Crippen molar-refractivity contribution in [1.29, 1.82) is 0 Å². The molecule has 0 radical (unpaired) electrons. The Balaban J connectivity index is 2.33. The number of hydrogen-bond acceptors (Lipinski definition) is 3. The van der Waals surface area contributed by atoms with Crippen LogP contribution < -0.4 is 10.6 Å². The Labute approximate surface area is 108 Å². The minimum absolute atomic E-state index is 0.167. The molecule has 0 aliphatic heterocycles. The molecular weight excluding hydrogens is 231 g/mol. The number of nitrogens with zero attached hydrogens (tertiary/aromatic N) is 1. The summed E-state index contributed by atoms with van der Waals surface area (Å²) in [6, 6.07) is 5.40. The molecule has 1 fully saturated rings. The highest BCUT2D eigenvalue weighted by molar-refractivity contribution is 5.57. The fraction of sp³-hybridized carbons (Fsp3) is 0.571. The maximum absolute atomic E-state index is 14.1. The van der Waals surface area contributed by atoms with Crippen LogP contribution in [0.3, 0.4) is 0 Å². The third-order valence-electron chi connectivity index (χ3n) is 3.32. The van der Waals surface area contributed by atoms with E-state index in [4.69, 9.17) is 10.5 Å². The van der Waals surface area contributed by atoms with Crippen LogP contribution in [-0.4, -0.2) is 26.3 Å². The summed E-state index contributed by atoms with van der Waals surface area (Å²) in [7, 11) is 1.67. The molecule has 0 unspecified atom stereocenters. The van der Waals surface area contributed by atoms with Gasteiger partial charge in [0.15, 0.2) is 0 Å². The van der Waals surface area contributed by atoms with Crippen LogP contribution in [0.4, 0.5) is 10.1 Å². The van der Waals surface area contributed by atoms with Crippen LogP contribution in [0, 0.1) is 5.82 Å². The second-order valence-electron chi connectivity index (χ2n) is 4.88. The number of methoxy groups -OCH3 is 1. The fourth-order valence-corrected chi connectivity index (χ4v) is 2.26. The van der Waals surface area contributed by atoms with E-state index in [0.29, 0.717) is 24.9 Å². The number of ether oxygens (including phenoxy) is 1. The summed E-state index contributed by atoms with van der Waals surface area (Å²) in [6.45, 7) is 3.20. The summed E-state index contributed by atoms with van der Waals surface area (Å²) >= 11 is 0. The van der Waals surface area contributed by atoms with Crippen molar-refractivity contribution in [2.75, 3.05) is 25.2 Å².